The minimum Gasteiger partial charge on any atom is -0.103 e. The van der Waals surface area contributed by atoms with Crippen molar-refractivity contribution in [1.82, 2.24) is 0 Å². The van der Waals surface area contributed by atoms with Crippen LogP contribution in [0.2, 0.25) is 10.1 Å². The molecular weight excluding hydrogens is 123 g/mol. The van der Waals surface area contributed by atoms with E-state index in [0.29, 0.717) is 0 Å². The van der Waals surface area contributed by atoms with E-state index in [1.165, 1.54) is 24.5 Å². The van der Waals surface area contributed by atoms with E-state index < -0.39 is 0 Å². The third-order valence-corrected chi connectivity index (χ3v) is 3.79. The van der Waals surface area contributed by atoms with Crippen molar-refractivity contribution >= 4 is 15.2 Å². The van der Waals surface area contributed by atoms with Crippen molar-refractivity contribution in [3.8, 4) is 0 Å². The fourth-order valence-corrected chi connectivity index (χ4v) is 2.32. The monoisotopic (exact) mass is 141 g/mol. The average molecular weight is 141 g/mol. The van der Waals surface area contributed by atoms with Crippen molar-refractivity contribution in [3.63, 3.8) is 0 Å². The SMILES string of the molecule is CCC[CH2][Al][CH](C)CC. The van der Waals surface area contributed by atoms with Gasteiger partial charge in [0.25, 0.3) is 0 Å². The molecule has 0 saturated carbocycles. The molecule has 0 heterocycles. The molecule has 1 radical (unpaired) electrons. The molecule has 0 nitrogen and oxygen atoms in total. The van der Waals surface area contributed by atoms with Crippen LogP contribution in [0.25, 0.3) is 0 Å². The van der Waals surface area contributed by atoms with Gasteiger partial charge in [-0.1, -0.05) is 44.8 Å². The van der Waals surface area contributed by atoms with Gasteiger partial charge in [0.05, 0.1) is 0 Å². The van der Waals surface area contributed by atoms with Crippen molar-refractivity contribution < 1.29 is 0 Å². The standard InChI is InChI=1S/2C4H9.Al/c2*1-3-4-2;/h3H,4H2,1-2H3;1,3-4H2,2H3;. The van der Waals surface area contributed by atoms with Crippen LogP contribution in [-0.4, -0.2) is 15.2 Å². The first kappa shape index (κ1) is 9.53. The zero-order valence-electron chi connectivity index (χ0n) is 6.98. The third kappa shape index (κ3) is 6.42. The van der Waals surface area contributed by atoms with Gasteiger partial charge in [0.2, 0.25) is 15.2 Å². The maximum absolute atomic E-state index is 2.38. The van der Waals surface area contributed by atoms with E-state index in [9.17, 15) is 0 Å². The summed E-state index contributed by atoms with van der Waals surface area (Å²) in [6.07, 6.45) is 4.22. The van der Waals surface area contributed by atoms with Crippen LogP contribution in [-0.2, 0) is 0 Å². The summed E-state index contributed by atoms with van der Waals surface area (Å²) in [6, 6.07) is 0. The van der Waals surface area contributed by atoms with Gasteiger partial charge in [0, 0.05) is 0 Å². The van der Waals surface area contributed by atoms with Crippen LogP contribution in [0.15, 0.2) is 0 Å². The second-order valence-corrected chi connectivity index (χ2v) is 4.95. The molecule has 0 fully saturated rings. The molecule has 0 saturated heterocycles. The van der Waals surface area contributed by atoms with Crippen LogP contribution in [0, 0.1) is 0 Å². The maximum atomic E-state index is 2.38. The third-order valence-electron chi connectivity index (χ3n) is 1.77. The summed E-state index contributed by atoms with van der Waals surface area (Å²) < 4.78 is 1.04. The summed E-state index contributed by atoms with van der Waals surface area (Å²) in [5.41, 5.74) is 0. The fourth-order valence-electron chi connectivity index (χ4n) is 0.773. The molecule has 1 unspecified atom stereocenters. The normalized spacial score (nSPS) is 13.2. The van der Waals surface area contributed by atoms with E-state index >= 15 is 0 Å². The molecule has 1 heteroatoms. The quantitative estimate of drug-likeness (QED) is 0.407. The van der Waals surface area contributed by atoms with E-state index in [1.54, 1.807) is 0 Å². The van der Waals surface area contributed by atoms with Gasteiger partial charge in [0.1, 0.15) is 0 Å². The van der Waals surface area contributed by atoms with Crippen LogP contribution in [0.1, 0.15) is 40.0 Å². The van der Waals surface area contributed by atoms with Gasteiger partial charge in [0.15, 0.2) is 0 Å². The topological polar surface area (TPSA) is 0 Å². The van der Waals surface area contributed by atoms with Crippen molar-refractivity contribution in [3.05, 3.63) is 0 Å². The van der Waals surface area contributed by atoms with E-state index in [2.05, 4.69) is 20.8 Å². The Morgan fingerprint density at radius 3 is 2.44 bits per heavy atom. The molecule has 0 aliphatic heterocycles. The number of unbranched alkanes of at least 4 members (excludes halogenated alkanes) is 1. The molecule has 53 valence electrons. The molecule has 0 spiro atoms. The summed E-state index contributed by atoms with van der Waals surface area (Å²) in [6.45, 7) is 6.95. The van der Waals surface area contributed by atoms with Crippen LogP contribution in [0.3, 0.4) is 0 Å². The molecule has 0 bridgehead atoms. The van der Waals surface area contributed by atoms with E-state index in [1.807, 2.05) is 0 Å². The number of hydrogen-bond donors (Lipinski definition) is 0. The van der Waals surface area contributed by atoms with Crippen molar-refractivity contribution in [2.24, 2.45) is 0 Å². The van der Waals surface area contributed by atoms with Gasteiger partial charge < -0.3 is 0 Å². The van der Waals surface area contributed by atoms with Crippen molar-refractivity contribution in [2.75, 3.05) is 0 Å². The molecule has 1 atom stereocenters. The molecule has 0 aromatic heterocycles. The fraction of sp³-hybridized carbons (Fsp3) is 1.00. The Balaban J connectivity index is 2.88. The number of rotatable bonds is 5. The second kappa shape index (κ2) is 6.65. The maximum Gasteiger partial charge on any atom is 0.204 e. The van der Waals surface area contributed by atoms with Gasteiger partial charge in [-0.3, -0.25) is 0 Å². The lowest BCUT2D eigenvalue weighted by Gasteiger charge is -2.03. The lowest BCUT2D eigenvalue weighted by molar-refractivity contribution is 0.831. The van der Waals surface area contributed by atoms with Crippen LogP contribution >= 0.6 is 0 Å². The summed E-state index contributed by atoms with van der Waals surface area (Å²) >= 11 is 0.769. The largest absolute Gasteiger partial charge is 0.204 e. The first-order valence-corrected chi connectivity index (χ1v) is 5.62. The highest BCUT2D eigenvalue weighted by Gasteiger charge is 1.99. The predicted octanol–water partition coefficient (Wildman–Crippen LogP) is 3.13. The molecule has 0 aliphatic rings. The highest BCUT2D eigenvalue weighted by atomic mass is 27.1. The molecule has 0 N–H and O–H groups in total. The van der Waals surface area contributed by atoms with E-state index in [0.717, 1.165) is 20.0 Å². The van der Waals surface area contributed by atoms with Gasteiger partial charge in [-0.05, 0) is 0 Å². The van der Waals surface area contributed by atoms with Crippen molar-refractivity contribution in [2.45, 2.75) is 50.1 Å². The first-order valence-electron chi connectivity index (χ1n) is 4.14. The highest BCUT2D eigenvalue weighted by Crippen LogP contribution is 2.09. The van der Waals surface area contributed by atoms with Gasteiger partial charge in [-0.15, -0.1) is 5.28 Å². The molecule has 0 aromatic rings. The van der Waals surface area contributed by atoms with Gasteiger partial charge in [-0.2, -0.15) is 0 Å². The Hall–Kier alpha value is 0.532. The Kier molecular flexibility index (Phi) is 7.04. The Morgan fingerprint density at radius 2 is 2.00 bits per heavy atom. The smallest absolute Gasteiger partial charge is 0.103 e. The van der Waals surface area contributed by atoms with E-state index in [-0.39, 0.29) is 0 Å². The zero-order valence-corrected chi connectivity index (χ0v) is 8.14. The van der Waals surface area contributed by atoms with Crippen LogP contribution in [0.5, 0.6) is 0 Å². The molecule has 0 aromatic carbocycles. The molecule has 0 aliphatic carbocycles. The van der Waals surface area contributed by atoms with E-state index in [4.69, 9.17) is 0 Å². The van der Waals surface area contributed by atoms with Gasteiger partial charge in [-0.25, -0.2) is 0 Å². The number of hydrogen-bond acceptors (Lipinski definition) is 0. The summed E-state index contributed by atoms with van der Waals surface area (Å²) in [5.74, 6) is 0. The van der Waals surface area contributed by atoms with Crippen LogP contribution < -0.4 is 0 Å². The molecule has 9 heavy (non-hydrogen) atoms. The highest BCUT2D eigenvalue weighted by molar-refractivity contribution is 6.37. The average Bonchev–Trinajstić information content (AvgIpc) is 1.89. The Bertz CT molecular complexity index is 52.5. The molecule has 0 rings (SSSR count). The minimum absolute atomic E-state index is 0.769. The lowest BCUT2D eigenvalue weighted by Crippen LogP contribution is -1.96. The predicted molar refractivity (Wildman–Crippen MR) is 45.2 cm³/mol. The molecular formula is C8H18Al. The minimum atomic E-state index is 0.769. The summed E-state index contributed by atoms with van der Waals surface area (Å²) in [7, 11) is 0. The Labute approximate surface area is 65.7 Å². The zero-order chi connectivity index (χ0) is 7.11. The molecule has 0 amide bonds. The second-order valence-electron chi connectivity index (χ2n) is 2.76. The first-order chi connectivity index (χ1) is 4.31. The summed E-state index contributed by atoms with van der Waals surface area (Å²) in [5, 5.41) is 1.52. The van der Waals surface area contributed by atoms with Crippen LogP contribution in [0.4, 0.5) is 0 Å². The Morgan fingerprint density at radius 1 is 1.33 bits per heavy atom. The van der Waals surface area contributed by atoms with Crippen molar-refractivity contribution in [1.29, 1.82) is 0 Å². The summed E-state index contributed by atoms with van der Waals surface area (Å²) in [4.78, 5) is 0. The van der Waals surface area contributed by atoms with Gasteiger partial charge >= 0.3 is 0 Å². The lowest BCUT2D eigenvalue weighted by atomic mass is 10.4.